The molecule has 8 N–H and O–H groups in total. The van der Waals surface area contributed by atoms with E-state index in [-0.39, 0.29) is 25.5 Å². The quantitative estimate of drug-likeness (QED) is 0.112. The predicted molar refractivity (Wildman–Crippen MR) is 126 cm³/mol. The summed E-state index contributed by atoms with van der Waals surface area (Å²) >= 11 is 0. The van der Waals surface area contributed by atoms with E-state index in [0.29, 0.717) is 25.8 Å². The molecule has 14 heteroatoms. The molecule has 1 heterocycles. The number of hydrogen-bond donors (Lipinski definition) is 6. The molecule has 14 nitrogen and oxygen atoms in total. The smallest absolute Gasteiger partial charge is 0.408 e. The van der Waals surface area contributed by atoms with Crippen molar-refractivity contribution in [1.82, 2.24) is 20.9 Å². The minimum atomic E-state index is -1.21. The van der Waals surface area contributed by atoms with Crippen molar-refractivity contribution in [3.8, 4) is 0 Å². The Labute approximate surface area is 204 Å². The molecule has 3 atom stereocenters. The number of aliphatic imine (C=N–C) groups is 1. The number of carboxylic acid groups (broad SMARTS) is 1. The first-order chi connectivity index (χ1) is 16.2. The number of ether oxygens (including phenoxy) is 1. The van der Waals surface area contributed by atoms with E-state index in [1.54, 1.807) is 20.8 Å². The van der Waals surface area contributed by atoms with Crippen LogP contribution in [0.3, 0.4) is 0 Å². The van der Waals surface area contributed by atoms with Crippen LogP contribution < -0.4 is 27.4 Å². The summed E-state index contributed by atoms with van der Waals surface area (Å²) in [6.07, 6.45) is 0.592. The second kappa shape index (κ2) is 13.3. The number of amides is 4. The zero-order chi connectivity index (χ0) is 26.8. The van der Waals surface area contributed by atoms with Gasteiger partial charge in [0.25, 0.3) is 0 Å². The second-order valence-corrected chi connectivity index (χ2v) is 9.18. The maximum Gasteiger partial charge on any atom is 0.408 e. The molecule has 1 fully saturated rings. The Bertz CT molecular complexity index is 821. The number of aliphatic carboxylic acids is 1. The fraction of sp³-hybridized carbons (Fsp3) is 0.714. The van der Waals surface area contributed by atoms with Gasteiger partial charge < -0.3 is 42.2 Å². The molecule has 0 aromatic heterocycles. The van der Waals surface area contributed by atoms with Crippen molar-refractivity contribution in [2.75, 3.05) is 19.6 Å². The third-order valence-electron chi connectivity index (χ3n) is 4.98. The first kappa shape index (κ1) is 29.5. The van der Waals surface area contributed by atoms with E-state index in [2.05, 4.69) is 20.9 Å². The Balaban J connectivity index is 2.60. The van der Waals surface area contributed by atoms with E-state index in [1.165, 1.54) is 11.8 Å². The molecule has 4 amide bonds. The Morgan fingerprint density at radius 2 is 1.83 bits per heavy atom. The van der Waals surface area contributed by atoms with Crippen LogP contribution in [0, 0.1) is 0 Å². The molecule has 0 saturated carbocycles. The lowest BCUT2D eigenvalue weighted by molar-refractivity contribution is -0.144. The Hall–Kier alpha value is -3.58. The number of hydrogen-bond acceptors (Lipinski definition) is 7. The summed E-state index contributed by atoms with van der Waals surface area (Å²) in [6, 6.07) is -2.96. The van der Waals surface area contributed by atoms with Crippen LogP contribution in [0.1, 0.15) is 53.4 Å². The molecule has 198 valence electrons. The molecular weight excluding hydrogens is 462 g/mol. The molecule has 1 aliphatic heterocycles. The van der Waals surface area contributed by atoms with Gasteiger partial charge in [-0.05, 0) is 53.4 Å². The van der Waals surface area contributed by atoms with Crippen LogP contribution in [-0.4, -0.2) is 89.1 Å². The maximum atomic E-state index is 12.7. The van der Waals surface area contributed by atoms with Crippen LogP contribution in [0.25, 0.3) is 0 Å². The summed E-state index contributed by atoms with van der Waals surface area (Å²) in [6.45, 7) is 6.62. The number of guanidine groups is 1. The SMILES string of the molecule is C[C@H](NC(=O)OC(C)(C)C)C(=O)NCC(=O)N1CCC[C@H]1C(=O)N[C@@H](CCCN=C(N)N)C(=O)O. The van der Waals surface area contributed by atoms with Crippen LogP contribution in [0.2, 0.25) is 0 Å². The van der Waals surface area contributed by atoms with Gasteiger partial charge in [-0.3, -0.25) is 19.4 Å². The predicted octanol–water partition coefficient (Wildman–Crippen LogP) is -1.37. The van der Waals surface area contributed by atoms with Crippen LogP contribution in [0.15, 0.2) is 4.99 Å². The summed E-state index contributed by atoms with van der Waals surface area (Å²) in [5.74, 6) is -3.01. The third kappa shape index (κ3) is 10.9. The topological polar surface area (TPSA) is 219 Å². The molecule has 0 spiro atoms. The highest BCUT2D eigenvalue weighted by atomic mass is 16.6. The molecule has 0 aromatic rings. The number of rotatable bonds is 11. The first-order valence-electron chi connectivity index (χ1n) is 11.4. The maximum absolute atomic E-state index is 12.7. The summed E-state index contributed by atoms with van der Waals surface area (Å²) < 4.78 is 5.09. The summed E-state index contributed by atoms with van der Waals surface area (Å²) in [5, 5.41) is 16.7. The number of carboxylic acids is 1. The Morgan fingerprint density at radius 1 is 1.17 bits per heavy atom. The highest BCUT2D eigenvalue weighted by molar-refractivity contribution is 5.93. The number of carbonyl (C=O) groups is 5. The van der Waals surface area contributed by atoms with Gasteiger partial charge in [0, 0.05) is 13.1 Å². The summed E-state index contributed by atoms with van der Waals surface area (Å²) in [7, 11) is 0. The van der Waals surface area contributed by atoms with Crippen LogP contribution in [0.4, 0.5) is 4.79 Å². The van der Waals surface area contributed by atoms with E-state index in [1.807, 2.05) is 0 Å². The Kier molecular flexibility index (Phi) is 11.2. The molecular formula is C21H37N7O7. The van der Waals surface area contributed by atoms with Gasteiger partial charge in [-0.2, -0.15) is 0 Å². The van der Waals surface area contributed by atoms with E-state index in [0.717, 1.165) is 0 Å². The number of nitrogens with zero attached hydrogens (tertiary/aromatic N) is 2. The van der Waals surface area contributed by atoms with Gasteiger partial charge in [-0.15, -0.1) is 0 Å². The third-order valence-corrected chi connectivity index (χ3v) is 4.98. The fourth-order valence-electron chi connectivity index (χ4n) is 3.33. The van der Waals surface area contributed by atoms with Gasteiger partial charge in [-0.1, -0.05) is 0 Å². The minimum absolute atomic E-state index is 0.108. The van der Waals surface area contributed by atoms with Crippen LogP contribution in [-0.2, 0) is 23.9 Å². The lowest BCUT2D eigenvalue weighted by Crippen LogP contribution is -2.53. The van der Waals surface area contributed by atoms with Gasteiger partial charge in [0.15, 0.2) is 5.96 Å². The monoisotopic (exact) mass is 499 g/mol. The standard InChI is InChI=1S/C21H37N7O7/c1-12(26-20(34)35-21(2,3)4)16(30)25-11-15(29)28-10-6-8-14(28)17(31)27-13(18(32)33)7-5-9-24-19(22)23/h12-14H,5-11H2,1-4H3,(H,25,30)(H,26,34)(H,27,31)(H,32,33)(H4,22,23,24)/t12-,13-,14-/m0/s1. The van der Waals surface area contributed by atoms with Crippen LogP contribution >= 0.6 is 0 Å². The summed E-state index contributed by atoms with van der Waals surface area (Å²) in [5.41, 5.74) is 9.74. The number of likely N-dealkylation sites (tertiary alicyclic amines) is 1. The first-order valence-corrected chi connectivity index (χ1v) is 11.4. The van der Waals surface area contributed by atoms with E-state index >= 15 is 0 Å². The molecule has 0 bridgehead atoms. The van der Waals surface area contributed by atoms with Crippen molar-refractivity contribution < 1.29 is 33.8 Å². The highest BCUT2D eigenvalue weighted by Crippen LogP contribution is 2.18. The van der Waals surface area contributed by atoms with Crippen molar-refractivity contribution in [1.29, 1.82) is 0 Å². The second-order valence-electron chi connectivity index (χ2n) is 9.18. The van der Waals surface area contributed by atoms with Gasteiger partial charge in [0.05, 0.1) is 6.54 Å². The Morgan fingerprint density at radius 3 is 2.40 bits per heavy atom. The minimum Gasteiger partial charge on any atom is -0.480 e. The number of alkyl carbamates (subject to hydrolysis) is 1. The zero-order valence-electron chi connectivity index (χ0n) is 20.6. The molecule has 1 aliphatic rings. The molecule has 1 rings (SSSR count). The zero-order valence-corrected chi connectivity index (χ0v) is 20.6. The molecule has 0 radical (unpaired) electrons. The lowest BCUT2D eigenvalue weighted by Gasteiger charge is -2.26. The van der Waals surface area contributed by atoms with Crippen molar-refractivity contribution in [3.63, 3.8) is 0 Å². The van der Waals surface area contributed by atoms with Crippen molar-refractivity contribution in [2.24, 2.45) is 16.5 Å². The molecule has 0 aliphatic carbocycles. The normalized spacial score (nSPS) is 17.0. The largest absolute Gasteiger partial charge is 0.480 e. The van der Waals surface area contributed by atoms with Crippen molar-refractivity contribution >= 4 is 35.7 Å². The average molecular weight is 500 g/mol. The highest BCUT2D eigenvalue weighted by Gasteiger charge is 2.36. The van der Waals surface area contributed by atoms with Gasteiger partial charge in [0.1, 0.15) is 23.7 Å². The van der Waals surface area contributed by atoms with Gasteiger partial charge in [-0.25, -0.2) is 9.59 Å². The number of nitrogens with one attached hydrogen (secondary N) is 3. The van der Waals surface area contributed by atoms with Gasteiger partial charge in [0.2, 0.25) is 17.7 Å². The van der Waals surface area contributed by atoms with Gasteiger partial charge >= 0.3 is 12.1 Å². The molecule has 1 saturated heterocycles. The number of carbonyl (C=O) groups excluding carboxylic acids is 4. The summed E-state index contributed by atoms with van der Waals surface area (Å²) in [4.78, 5) is 66.0. The molecule has 35 heavy (non-hydrogen) atoms. The van der Waals surface area contributed by atoms with Crippen molar-refractivity contribution in [3.05, 3.63) is 0 Å². The molecule has 0 unspecified atom stereocenters. The van der Waals surface area contributed by atoms with Crippen LogP contribution in [0.5, 0.6) is 0 Å². The fourth-order valence-corrected chi connectivity index (χ4v) is 3.33. The van der Waals surface area contributed by atoms with Crippen molar-refractivity contribution in [2.45, 2.75) is 77.1 Å². The average Bonchev–Trinajstić information content (AvgIpc) is 3.22. The molecule has 0 aromatic carbocycles. The number of nitrogens with two attached hydrogens (primary N) is 2. The van der Waals surface area contributed by atoms with E-state index in [4.69, 9.17) is 16.2 Å². The lowest BCUT2D eigenvalue weighted by atomic mass is 10.1. The van der Waals surface area contributed by atoms with E-state index in [9.17, 15) is 29.1 Å². The van der Waals surface area contributed by atoms with E-state index < -0.39 is 53.5 Å².